The number of nitrogens with zero attached hydrogens (tertiary/aromatic N) is 2. The quantitative estimate of drug-likeness (QED) is 0.0490. The van der Waals surface area contributed by atoms with Gasteiger partial charge in [-0.2, -0.15) is 0 Å². The van der Waals surface area contributed by atoms with Crippen molar-refractivity contribution in [2.45, 2.75) is 5.60 Å². The summed E-state index contributed by atoms with van der Waals surface area (Å²) in [4.78, 5) is 75.5. The number of anilines is 3. The second-order valence-electron chi connectivity index (χ2n) is 14.2. The molecule has 336 valence electrons. The first-order valence-electron chi connectivity index (χ1n) is 18.8. The first-order chi connectivity index (χ1) is 30.9. The maximum atomic E-state index is 15.0. The van der Waals surface area contributed by atoms with Gasteiger partial charge in [-0.05, 0) is 48.5 Å². The number of fused-ring (bicyclic) bond motifs is 6. The number of phenols is 2. The van der Waals surface area contributed by atoms with Crippen LogP contribution in [0, 0.1) is 17.5 Å². The van der Waals surface area contributed by atoms with Crippen molar-refractivity contribution >= 4 is 52.8 Å². The van der Waals surface area contributed by atoms with Crippen LogP contribution in [0.3, 0.4) is 0 Å². The zero-order valence-corrected chi connectivity index (χ0v) is 33.0. The Morgan fingerprint density at radius 2 is 1.18 bits per heavy atom. The van der Waals surface area contributed by atoms with E-state index in [1.807, 2.05) is 0 Å². The molecule has 7 N–H and O–H groups in total. The van der Waals surface area contributed by atoms with Crippen LogP contribution < -0.4 is 29.3 Å². The number of carbonyl (C=O) groups excluding carboxylic acids is 2. The van der Waals surface area contributed by atoms with Gasteiger partial charge in [0.1, 0.15) is 56.6 Å². The van der Waals surface area contributed by atoms with Gasteiger partial charge in [0, 0.05) is 35.0 Å². The predicted octanol–water partition coefficient (Wildman–Crippen LogP) is 4.74. The molecule has 0 bridgehead atoms. The van der Waals surface area contributed by atoms with E-state index < -0.39 is 115 Å². The minimum atomic E-state index is -2.08. The number of rotatable bonds is 17. The van der Waals surface area contributed by atoms with E-state index >= 15 is 4.39 Å². The van der Waals surface area contributed by atoms with Gasteiger partial charge in [-0.25, -0.2) is 18.0 Å². The number of carbonyl (C=O) groups is 6. The number of esters is 1. The fourth-order valence-electron chi connectivity index (χ4n) is 7.34. The maximum absolute atomic E-state index is 15.0. The minimum absolute atomic E-state index is 0.0122. The Morgan fingerprint density at radius 3 is 1.75 bits per heavy atom. The number of amides is 1. The van der Waals surface area contributed by atoms with Crippen LogP contribution in [-0.2, 0) is 29.5 Å². The van der Waals surface area contributed by atoms with Gasteiger partial charge in [0.2, 0.25) is 0 Å². The number of ether oxygens (including phenoxy) is 4. The highest BCUT2D eigenvalue weighted by atomic mass is 19.1. The van der Waals surface area contributed by atoms with Crippen LogP contribution in [0.4, 0.5) is 30.2 Å². The summed E-state index contributed by atoms with van der Waals surface area (Å²) < 4.78 is 67.7. The van der Waals surface area contributed by atoms with E-state index in [1.54, 1.807) is 0 Å². The summed E-state index contributed by atoms with van der Waals surface area (Å²) in [6.07, 6.45) is 0. The lowest BCUT2D eigenvalue weighted by molar-refractivity contribution is -0.138. The average Bonchev–Trinajstić information content (AvgIpc) is 3.52. The van der Waals surface area contributed by atoms with E-state index in [0.29, 0.717) is 0 Å². The standard InChI is InChI=1S/C43H32F3N3O16/c44-26-2-1-3-30(49(18-38(56)57)19-39(58)59)40(26)63-9-8-62-35-11-21(5-7-29(35)48(16-36(52)53)17-37(54)55)47-41(60)20-4-6-23-22(10-20)42(61)65-43(23)24-12-27(45)31(50)14-33(24)64-34-15-32(51)28(46)13-25(34)43/h1-7,10-15,50-51H,8-9,16-19H2,(H,47,60)(H,52,53)(H,54,55)(H,56,57)(H,58,59). The van der Waals surface area contributed by atoms with Crippen molar-refractivity contribution in [1.29, 1.82) is 0 Å². The number of carboxylic acid groups (broad SMARTS) is 4. The molecule has 2 heterocycles. The van der Waals surface area contributed by atoms with E-state index in [1.165, 1.54) is 42.5 Å². The molecule has 65 heavy (non-hydrogen) atoms. The molecule has 2 aliphatic heterocycles. The highest BCUT2D eigenvalue weighted by Gasteiger charge is 2.54. The molecule has 0 fully saturated rings. The van der Waals surface area contributed by atoms with Crippen LogP contribution in [-0.4, -0.2) is 106 Å². The van der Waals surface area contributed by atoms with Crippen LogP contribution >= 0.6 is 0 Å². The molecule has 1 spiro atoms. The van der Waals surface area contributed by atoms with Crippen molar-refractivity contribution < 1.29 is 91.5 Å². The second-order valence-corrected chi connectivity index (χ2v) is 14.2. The van der Waals surface area contributed by atoms with E-state index in [0.717, 1.165) is 46.2 Å². The smallest absolute Gasteiger partial charge is 0.340 e. The molecule has 5 aromatic carbocycles. The number of para-hydroxylation sites is 1. The van der Waals surface area contributed by atoms with Crippen molar-refractivity contribution in [3.8, 4) is 34.5 Å². The third-order valence-electron chi connectivity index (χ3n) is 9.94. The number of phenolic OH excluding ortho intramolecular Hbond substituents is 2. The molecule has 19 nitrogen and oxygen atoms in total. The Morgan fingerprint density at radius 1 is 0.631 bits per heavy atom. The van der Waals surface area contributed by atoms with Gasteiger partial charge in [0.05, 0.1) is 28.1 Å². The van der Waals surface area contributed by atoms with Gasteiger partial charge in [-0.15, -0.1) is 0 Å². The Bertz CT molecular complexity index is 2730. The van der Waals surface area contributed by atoms with Crippen molar-refractivity contribution in [3.63, 3.8) is 0 Å². The van der Waals surface area contributed by atoms with E-state index in [9.17, 15) is 68.2 Å². The molecule has 0 aromatic heterocycles. The fraction of sp³-hybridized carbons (Fsp3) is 0.163. The van der Waals surface area contributed by atoms with Crippen molar-refractivity contribution in [1.82, 2.24) is 0 Å². The predicted molar refractivity (Wildman–Crippen MR) is 215 cm³/mol. The van der Waals surface area contributed by atoms with Gasteiger partial charge in [0.25, 0.3) is 5.91 Å². The first-order valence-corrected chi connectivity index (χ1v) is 18.8. The van der Waals surface area contributed by atoms with E-state index in [-0.39, 0.29) is 62.1 Å². The lowest BCUT2D eigenvalue weighted by atomic mass is 9.77. The van der Waals surface area contributed by atoms with Gasteiger partial charge in [0.15, 0.2) is 40.3 Å². The molecular formula is C43H32F3N3O16. The van der Waals surface area contributed by atoms with Gasteiger partial charge in [-0.3, -0.25) is 24.0 Å². The molecule has 0 saturated heterocycles. The zero-order valence-electron chi connectivity index (χ0n) is 33.0. The van der Waals surface area contributed by atoms with Crippen molar-refractivity contribution in [2.24, 2.45) is 0 Å². The molecule has 2 aliphatic rings. The Balaban J connectivity index is 1.18. The second kappa shape index (κ2) is 17.6. The number of carboxylic acids is 4. The molecule has 5 aromatic rings. The molecule has 7 rings (SSSR count). The van der Waals surface area contributed by atoms with E-state index in [2.05, 4.69) is 5.32 Å². The third kappa shape index (κ3) is 8.84. The number of halogens is 3. The molecule has 0 atom stereocenters. The number of aliphatic carboxylic acids is 4. The number of benzene rings is 5. The Labute approximate surface area is 362 Å². The monoisotopic (exact) mass is 903 g/mol. The van der Waals surface area contributed by atoms with Crippen LogP contribution in [0.2, 0.25) is 0 Å². The Kier molecular flexibility index (Phi) is 12.0. The lowest BCUT2D eigenvalue weighted by Gasteiger charge is -2.36. The molecule has 1 amide bonds. The van der Waals surface area contributed by atoms with Crippen molar-refractivity contribution in [3.05, 3.63) is 124 Å². The van der Waals surface area contributed by atoms with Crippen LogP contribution in [0.15, 0.2) is 78.9 Å². The molecule has 0 saturated carbocycles. The van der Waals surface area contributed by atoms with Crippen LogP contribution in [0.5, 0.6) is 34.5 Å². The summed E-state index contributed by atoms with van der Waals surface area (Å²) in [5, 5.41) is 60.5. The molecule has 22 heteroatoms. The lowest BCUT2D eigenvalue weighted by Crippen LogP contribution is -2.35. The first kappa shape index (κ1) is 44.4. The number of hydrogen-bond acceptors (Lipinski definition) is 14. The molecule has 0 radical (unpaired) electrons. The summed E-state index contributed by atoms with van der Waals surface area (Å²) in [7, 11) is 0. The Hall–Kier alpha value is -8.69. The van der Waals surface area contributed by atoms with Gasteiger partial charge < -0.3 is 64.7 Å². The van der Waals surface area contributed by atoms with Gasteiger partial charge >= 0.3 is 29.8 Å². The largest absolute Gasteiger partial charge is 0.505 e. The minimum Gasteiger partial charge on any atom is -0.505 e. The summed E-state index contributed by atoms with van der Waals surface area (Å²) in [5.41, 5.74) is -3.08. The normalized spacial score (nSPS) is 12.8. The topological polar surface area (TPSA) is 279 Å². The maximum Gasteiger partial charge on any atom is 0.340 e. The highest BCUT2D eigenvalue weighted by molar-refractivity contribution is 6.07. The SMILES string of the molecule is O=C(O)CN(CC(=O)O)c1ccc(NC(=O)c2ccc3c(c2)C(=O)OC32c3cc(F)c(O)cc3Oc3cc(O)c(F)cc32)cc1OCCOc1c(F)cccc1N(CC(=O)O)CC(=O)O. The summed E-state index contributed by atoms with van der Waals surface area (Å²) in [5.74, 6) is -13.6. The molecule has 0 unspecified atom stereocenters. The molecule has 0 aliphatic carbocycles. The number of nitrogens with one attached hydrogen (secondary N) is 1. The summed E-state index contributed by atoms with van der Waals surface area (Å²) >= 11 is 0. The van der Waals surface area contributed by atoms with E-state index in [4.69, 9.17) is 18.9 Å². The summed E-state index contributed by atoms with van der Waals surface area (Å²) in [6, 6.07) is 14.3. The zero-order chi connectivity index (χ0) is 46.9. The third-order valence-corrected chi connectivity index (χ3v) is 9.94. The fourth-order valence-corrected chi connectivity index (χ4v) is 7.34. The highest BCUT2D eigenvalue weighted by Crippen LogP contribution is 2.57. The van der Waals surface area contributed by atoms with Crippen molar-refractivity contribution in [2.75, 3.05) is 54.5 Å². The number of aromatic hydroxyl groups is 2. The average molecular weight is 904 g/mol. The summed E-state index contributed by atoms with van der Waals surface area (Å²) in [6.45, 7) is -4.29. The van der Waals surface area contributed by atoms with Crippen LogP contribution in [0.1, 0.15) is 37.4 Å². The number of hydrogen-bond donors (Lipinski definition) is 7. The molecular weight excluding hydrogens is 871 g/mol. The van der Waals surface area contributed by atoms with Crippen LogP contribution in [0.25, 0.3) is 0 Å². The van der Waals surface area contributed by atoms with Gasteiger partial charge in [-0.1, -0.05) is 12.1 Å².